The Bertz CT molecular complexity index is 1600. The Hall–Kier alpha value is -3.74. The summed E-state index contributed by atoms with van der Waals surface area (Å²) in [6.45, 7) is 2.25. The van der Waals surface area contributed by atoms with Gasteiger partial charge in [-0.15, -0.1) is 0 Å². The van der Waals surface area contributed by atoms with Crippen molar-refractivity contribution < 1.29 is 22.7 Å². The second-order valence-electron chi connectivity index (χ2n) is 8.55. The number of hydrogen-bond acceptors (Lipinski definition) is 7. The van der Waals surface area contributed by atoms with Crippen molar-refractivity contribution in [2.75, 3.05) is 33.3 Å². The van der Waals surface area contributed by atoms with Crippen LogP contribution in [0.25, 0.3) is 22.0 Å². The van der Waals surface area contributed by atoms with Crippen molar-refractivity contribution in [3.05, 3.63) is 70.7 Å². The van der Waals surface area contributed by atoms with Gasteiger partial charge in [0.05, 0.1) is 12.6 Å². The van der Waals surface area contributed by atoms with Gasteiger partial charge in [0.25, 0.3) is 15.9 Å². The number of pyridine rings is 1. The lowest BCUT2D eigenvalue weighted by atomic mass is 10.1. The van der Waals surface area contributed by atoms with Crippen LogP contribution in [0.5, 0.6) is 5.75 Å². The summed E-state index contributed by atoms with van der Waals surface area (Å²) < 4.78 is 34.3. The molecule has 192 valence electrons. The molecule has 1 saturated heterocycles. The lowest BCUT2D eigenvalue weighted by molar-refractivity contribution is -0.612. The number of sulfonamides is 1. The van der Waals surface area contributed by atoms with Gasteiger partial charge in [-0.3, -0.25) is 4.79 Å². The molecule has 4 aromatic rings. The maximum Gasteiger partial charge on any atom is 0.291 e. The SMILES string of the molecule is COc1c(S(=O)(=O)N2CCN(C(=O)c3ncc(-c4cc[n+]([O-])c(C)c4)cn3)CC2)[nH]c2ccc(Cl)cc12. The molecule has 0 aliphatic carbocycles. The van der Waals surface area contributed by atoms with Gasteiger partial charge >= 0.3 is 0 Å². The smallest absolute Gasteiger partial charge is 0.291 e. The van der Waals surface area contributed by atoms with Crippen molar-refractivity contribution in [3.63, 3.8) is 0 Å². The van der Waals surface area contributed by atoms with Gasteiger partial charge in [-0.25, -0.2) is 18.4 Å². The number of hydrogen-bond donors (Lipinski definition) is 1. The highest BCUT2D eigenvalue weighted by Gasteiger charge is 2.35. The molecule has 0 radical (unpaired) electrons. The first-order chi connectivity index (χ1) is 17.7. The number of ether oxygens (including phenoxy) is 1. The van der Waals surface area contributed by atoms with E-state index in [4.69, 9.17) is 16.3 Å². The zero-order chi connectivity index (χ0) is 26.3. The average molecular weight is 543 g/mol. The second-order valence-corrected chi connectivity index (χ2v) is 10.9. The second kappa shape index (κ2) is 9.61. The number of amides is 1. The van der Waals surface area contributed by atoms with E-state index < -0.39 is 10.0 Å². The number of H-pyrrole nitrogens is 1. The number of halogens is 1. The molecule has 1 aromatic carbocycles. The number of fused-ring (bicyclic) bond motifs is 1. The minimum atomic E-state index is -3.92. The first-order valence-electron chi connectivity index (χ1n) is 11.4. The van der Waals surface area contributed by atoms with E-state index in [-0.39, 0.29) is 48.7 Å². The molecule has 1 aliphatic heterocycles. The summed E-state index contributed by atoms with van der Waals surface area (Å²) in [4.78, 5) is 25.8. The average Bonchev–Trinajstić information content (AvgIpc) is 3.28. The summed E-state index contributed by atoms with van der Waals surface area (Å²) in [5.41, 5.74) is 2.55. The normalized spacial score (nSPS) is 14.7. The van der Waals surface area contributed by atoms with Gasteiger partial charge in [-0.2, -0.15) is 9.04 Å². The number of piperazine rings is 1. The van der Waals surface area contributed by atoms with Gasteiger partial charge in [0.1, 0.15) is 0 Å². The van der Waals surface area contributed by atoms with Crippen molar-refractivity contribution in [2.45, 2.75) is 11.9 Å². The molecule has 4 heterocycles. The summed E-state index contributed by atoms with van der Waals surface area (Å²) in [5, 5.41) is 12.5. The highest BCUT2D eigenvalue weighted by atomic mass is 35.5. The molecule has 11 nitrogen and oxygen atoms in total. The number of aromatic amines is 1. The molecule has 5 rings (SSSR count). The van der Waals surface area contributed by atoms with Crippen LogP contribution < -0.4 is 9.47 Å². The Kier molecular flexibility index (Phi) is 6.48. The van der Waals surface area contributed by atoms with E-state index in [0.717, 1.165) is 10.3 Å². The first-order valence-corrected chi connectivity index (χ1v) is 13.2. The molecule has 13 heteroatoms. The minimum Gasteiger partial charge on any atom is -0.619 e. The summed E-state index contributed by atoms with van der Waals surface area (Å²) >= 11 is 6.08. The van der Waals surface area contributed by atoms with Gasteiger partial charge < -0.3 is 19.8 Å². The standard InChI is InChI=1S/C24H23ClN6O5S/c1-15-11-16(5-6-31(15)33)17-13-26-22(27-14-17)24(32)29-7-9-30(10-8-29)37(34,35)23-21(36-2)19-12-18(25)3-4-20(19)28-23/h3-6,11-14,28H,7-10H2,1-2H3. The molecule has 37 heavy (non-hydrogen) atoms. The van der Waals surface area contributed by atoms with Crippen LogP contribution in [0.2, 0.25) is 5.02 Å². The fourth-order valence-corrected chi connectivity index (χ4v) is 6.01. The third-order valence-electron chi connectivity index (χ3n) is 6.29. The maximum atomic E-state index is 13.4. The van der Waals surface area contributed by atoms with Gasteiger partial charge in [-0.1, -0.05) is 11.6 Å². The van der Waals surface area contributed by atoms with E-state index in [1.165, 1.54) is 34.9 Å². The number of aryl methyl sites for hydroxylation is 1. The highest BCUT2D eigenvalue weighted by molar-refractivity contribution is 7.89. The lowest BCUT2D eigenvalue weighted by Crippen LogP contribution is -2.50. The molecule has 0 atom stereocenters. The molecule has 0 bridgehead atoms. The van der Waals surface area contributed by atoms with E-state index in [0.29, 0.717) is 27.2 Å². The van der Waals surface area contributed by atoms with Gasteiger partial charge in [0.2, 0.25) is 5.82 Å². The van der Waals surface area contributed by atoms with Gasteiger partial charge in [0.15, 0.2) is 22.7 Å². The summed E-state index contributed by atoms with van der Waals surface area (Å²) in [6.07, 6.45) is 4.45. The van der Waals surface area contributed by atoms with Gasteiger partial charge in [-0.05, 0) is 23.8 Å². The maximum absolute atomic E-state index is 13.4. The van der Waals surface area contributed by atoms with E-state index in [1.807, 2.05) is 0 Å². The zero-order valence-corrected chi connectivity index (χ0v) is 21.6. The summed E-state index contributed by atoms with van der Waals surface area (Å²) in [6, 6.07) is 8.36. The molecular weight excluding hydrogens is 520 g/mol. The molecular formula is C24H23ClN6O5S. The summed E-state index contributed by atoms with van der Waals surface area (Å²) in [7, 11) is -2.51. The summed E-state index contributed by atoms with van der Waals surface area (Å²) in [5.74, 6) is -0.174. The number of benzene rings is 1. The van der Waals surface area contributed by atoms with Crippen LogP contribution in [0.15, 0.2) is 53.9 Å². The fourth-order valence-electron chi connectivity index (χ4n) is 4.27. The topological polar surface area (TPSA) is 135 Å². The number of rotatable bonds is 5. The number of aromatic nitrogens is 4. The Morgan fingerprint density at radius 3 is 2.46 bits per heavy atom. The Morgan fingerprint density at radius 2 is 1.81 bits per heavy atom. The van der Waals surface area contributed by atoms with Crippen LogP contribution in [0.4, 0.5) is 0 Å². The van der Waals surface area contributed by atoms with E-state index in [2.05, 4.69) is 15.0 Å². The molecule has 1 amide bonds. The molecule has 1 N–H and O–H groups in total. The van der Waals surface area contributed by atoms with Crippen LogP contribution in [0.1, 0.15) is 16.3 Å². The number of nitrogens with one attached hydrogen (secondary N) is 1. The molecule has 0 spiro atoms. The third kappa shape index (κ3) is 4.59. The number of methoxy groups -OCH3 is 1. The van der Waals surface area contributed by atoms with Crippen LogP contribution in [0.3, 0.4) is 0 Å². The molecule has 1 aliphatic rings. The number of carbonyl (C=O) groups excluding carboxylic acids is 1. The van der Waals surface area contributed by atoms with Crippen molar-refractivity contribution in [2.24, 2.45) is 0 Å². The Morgan fingerprint density at radius 1 is 1.11 bits per heavy atom. The Labute approximate surface area is 217 Å². The molecule has 0 unspecified atom stereocenters. The van der Waals surface area contributed by atoms with Crippen molar-refractivity contribution in [1.82, 2.24) is 24.2 Å². The highest BCUT2D eigenvalue weighted by Crippen LogP contribution is 2.36. The monoisotopic (exact) mass is 542 g/mol. The van der Waals surface area contributed by atoms with Crippen LogP contribution in [-0.2, 0) is 10.0 Å². The largest absolute Gasteiger partial charge is 0.619 e. The van der Waals surface area contributed by atoms with Crippen molar-refractivity contribution in [3.8, 4) is 16.9 Å². The molecule has 0 saturated carbocycles. The van der Waals surface area contributed by atoms with Gasteiger partial charge in [0, 0.05) is 73.6 Å². The van der Waals surface area contributed by atoms with Crippen LogP contribution in [0, 0.1) is 12.1 Å². The van der Waals surface area contributed by atoms with E-state index in [9.17, 15) is 18.4 Å². The minimum absolute atomic E-state index is 0.0146. The quantitative estimate of drug-likeness (QED) is 0.302. The van der Waals surface area contributed by atoms with Crippen molar-refractivity contribution in [1.29, 1.82) is 0 Å². The van der Waals surface area contributed by atoms with Crippen LogP contribution in [-0.4, -0.2) is 71.8 Å². The molecule has 3 aromatic heterocycles. The predicted octanol–water partition coefficient (Wildman–Crippen LogP) is 2.38. The number of nitrogens with zero attached hydrogens (tertiary/aromatic N) is 5. The molecule has 1 fully saturated rings. The Balaban J connectivity index is 1.29. The van der Waals surface area contributed by atoms with E-state index >= 15 is 0 Å². The predicted molar refractivity (Wildman–Crippen MR) is 136 cm³/mol. The van der Waals surface area contributed by atoms with E-state index in [1.54, 1.807) is 37.3 Å². The van der Waals surface area contributed by atoms with Crippen molar-refractivity contribution >= 4 is 38.4 Å². The zero-order valence-electron chi connectivity index (χ0n) is 20.0. The fraction of sp³-hybridized carbons (Fsp3) is 0.250. The number of carbonyl (C=O) groups is 1. The van der Waals surface area contributed by atoms with Crippen LogP contribution >= 0.6 is 11.6 Å². The lowest BCUT2D eigenvalue weighted by Gasteiger charge is -2.33. The third-order valence-corrected chi connectivity index (χ3v) is 8.37. The first kappa shape index (κ1) is 24.9.